The molecule has 0 spiro atoms. The molecule has 4 atom stereocenters. The second-order valence-corrected chi connectivity index (χ2v) is 6.96. The fourth-order valence-electron chi connectivity index (χ4n) is 2.85. The molecule has 0 amide bonds. The average molecular weight is 211 g/mol. The molecule has 1 nitrogen and oxygen atoms in total. The molecule has 0 aliphatic heterocycles. The molecule has 0 saturated heterocycles. The Hall–Kier alpha value is -0.0400. The van der Waals surface area contributed by atoms with Crippen molar-refractivity contribution >= 4 is 0 Å². The van der Waals surface area contributed by atoms with Crippen molar-refractivity contribution in [3.8, 4) is 0 Å². The fraction of sp³-hybridized carbons (Fsp3) is 1.00. The predicted octanol–water partition coefficient (Wildman–Crippen LogP) is 3.82. The summed E-state index contributed by atoms with van der Waals surface area (Å²) in [6.45, 7) is 11.7. The van der Waals surface area contributed by atoms with Gasteiger partial charge in [0.1, 0.15) is 0 Å². The molecular formula is C14H29N. The van der Waals surface area contributed by atoms with E-state index in [-0.39, 0.29) is 0 Å². The molecule has 1 aliphatic rings. The topological polar surface area (TPSA) is 26.0 Å². The quantitative estimate of drug-likeness (QED) is 0.738. The smallest absolute Gasteiger partial charge is 0.00722 e. The summed E-state index contributed by atoms with van der Waals surface area (Å²) in [5.74, 6) is 2.55. The first kappa shape index (κ1) is 13.0. The van der Waals surface area contributed by atoms with Gasteiger partial charge in [0.05, 0.1) is 0 Å². The van der Waals surface area contributed by atoms with Gasteiger partial charge in [0.2, 0.25) is 0 Å². The summed E-state index contributed by atoms with van der Waals surface area (Å²) in [6, 6.07) is 0.417. The lowest BCUT2D eigenvalue weighted by Crippen LogP contribution is -2.38. The van der Waals surface area contributed by atoms with Crippen molar-refractivity contribution < 1.29 is 0 Å². The van der Waals surface area contributed by atoms with Crippen LogP contribution >= 0.6 is 0 Å². The Labute approximate surface area is 95.8 Å². The first-order valence-electron chi connectivity index (χ1n) is 6.55. The van der Waals surface area contributed by atoms with Crippen molar-refractivity contribution in [2.75, 3.05) is 0 Å². The average Bonchev–Trinajstić information content (AvgIpc) is 2.06. The van der Waals surface area contributed by atoms with Crippen molar-refractivity contribution in [3.05, 3.63) is 0 Å². The van der Waals surface area contributed by atoms with Gasteiger partial charge in [-0.25, -0.2) is 0 Å². The van der Waals surface area contributed by atoms with Gasteiger partial charge in [-0.3, -0.25) is 0 Å². The summed E-state index contributed by atoms with van der Waals surface area (Å²) in [4.78, 5) is 0. The molecule has 0 radical (unpaired) electrons. The summed E-state index contributed by atoms with van der Waals surface area (Å²) in [7, 11) is 0. The highest BCUT2D eigenvalue weighted by Gasteiger charge is 2.30. The maximum absolute atomic E-state index is 6.34. The fourth-order valence-corrected chi connectivity index (χ4v) is 2.85. The van der Waals surface area contributed by atoms with E-state index < -0.39 is 0 Å². The lowest BCUT2D eigenvalue weighted by Gasteiger charge is -2.37. The summed E-state index contributed by atoms with van der Waals surface area (Å²) < 4.78 is 0. The summed E-state index contributed by atoms with van der Waals surface area (Å²) in [6.07, 6.45) is 5.24. The molecular weight excluding hydrogens is 182 g/mol. The van der Waals surface area contributed by atoms with Gasteiger partial charge in [-0.2, -0.15) is 0 Å². The Morgan fingerprint density at radius 2 is 1.73 bits per heavy atom. The van der Waals surface area contributed by atoms with E-state index >= 15 is 0 Å². The number of rotatable bonds is 2. The van der Waals surface area contributed by atoms with Crippen LogP contribution in [-0.2, 0) is 0 Å². The molecule has 0 aromatic carbocycles. The van der Waals surface area contributed by atoms with Crippen LogP contribution in [0.15, 0.2) is 0 Å². The first-order chi connectivity index (χ1) is 6.79. The van der Waals surface area contributed by atoms with E-state index in [1.54, 1.807) is 0 Å². The van der Waals surface area contributed by atoms with E-state index in [1.165, 1.54) is 25.7 Å². The third kappa shape index (κ3) is 4.14. The second-order valence-electron chi connectivity index (χ2n) is 6.96. The molecule has 4 unspecified atom stereocenters. The molecule has 90 valence electrons. The van der Waals surface area contributed by atoms with Gasteiger partial charge >= 0.3 is 0 Å². The SMILES string of the molecule is CC1CCC(C(N)CC(C)(C)C)CC1C. The predicted molar refractivity (Wildman–Crippen MR) is 67.7 cm³/mol. The molecule has 1 rings (SSSR count). The zero-order chi connectivity index (χ0) is 11.6. The minimum atomic E-state index is 0.381. The van der Waals surface area contributed by atoms with Crippen molar-refractivity contribution in [2.45, 2.75) is 66.3 Å². The van der Waals surface area contributed by atoms with E-state index in [9.17, 15) is 0 Å². The summed E-state index contributed by atoms with van der Waals surface area (Å²) in [5, 5.41) is 0. The Bertz CT molecular complexity index is 192. The van der Waals surface area contributed by atoms with E-state index in [4.69, 9.17) is 5.73 Å². The molecule has 0 bridgehead atoms. The van der Waals surface area contributed by atoms with Crippen LogP contribution in [0.3, 0.4) is 0 Å². The molecule has 0 heterocycles. The minimum absolute atomic E-state index is 0.381. The van der Waals surface area contributed by atoms with E-state index in [2.05, 4.69) is 34.6 Å². The zero-order valence-electron chi connectivity index (χ0n) is 11.2. The third-order valence-corrected chi connectivity index (χ3v) is 4.09. The molecule has 1 aliphatic carbocycles. The molecule has 0 aromatic rings. The number of hydrogen-bond donors (Lipinski definition) is 1. The van der Waals surface area contributed by atoms with Gasteiger partial charge < -0.3 is 5.73 Å². The van der Waals surface area contributed by atoms with Crippen LogP contribution in [0.1, 0.15) is 60.3 Å². The molecule has 0 aromatic heterocycles. The van der Waals surface area contributed by atoms with Crippen molar-refractivity contribution in [1.82, 2.24) is 0 Å². The third-order valence-electron chi connectivity index (χ3n) is 4.09. The standard InChI is InChI=1S/C14H29N/c1-10-6-7-12(8-11(10)2)13(15)9-14(3,4)5/h10-13H,6-9,15H2,1-5H3. The lowest BCUT2D eigenvalue weighted by molar-refractivity contribution is 0.163. The highest BCUT2D eigenvalue weighted by Crippen LogP contribution is 2.37. The first-order valence-corrected chi connectivity index (χ1v) is 6.55. The Morgan fingerprint density at radius 1 is 1.13 bits per heavy atom. The Kier molecular flexibility index (Phi) is 4.22. The maximum Gasteiger partial charge on any atom is 0.00722 e. The van der Waals surface area contributed by atoms with Gasteiger partial charge in [0.15, 0.2) is 0 Å². The normalized spacial score (nSPS) is 35.2. The van der Waals surface area contributed by atoms with Gasteiger partial charge in [-0.05, 0) is 42.4 Å². The summed E-state index contributed by atoms with van der Waals surface area (Å²) >= 11 is 0. The van der Waals surface area contributed by atoms with Gasteiger partial charge in [0, 0.05) is 6.04 Å². The van der Waals surface area contributed by atoms with Crippen LogP contribution in [0.5, 0.6) is 0 Å². The molecule has 2 N–H and O–H groups in total. The van der Waals surface area contributed by atoms with Crippen LogP contribution in [0.4, 0.5) is 0 Å². The molecule has 1 saturated carbocycles. The minimum Gasteiger partial charge on any atom is -0.327 e. The molecule has 1 heteroatoms. The lowest BCUT2D eigenvalue weighted by atomic mass is 9.71. The number of hydrogen-bond acceptors (Lipinski definition) is 1. The van der Waals surface area contributed by atoms with E-state index in [0.717, 1.165) is 17.8 Å². The van der Waals surface area contributed by atoms with Crippen LogP contribution in [0.25, 0.3) is 0 Å². The van der Waals surface area contributed by atoms with E-state index in [1.807, 2.05) is 0 Å². The van der Waals surface area contributed by atoms with Crippen LogP contribution in [-0.4, -0.2) is 6.04 Å². The second kappa shape index (κ2) is 4.86. The zero-order valence-corrected chi connectivity index (χ0v) is 11.2. The van der Waals surface area contributed by atoms with Crippen LogP contribution in [0.2, 0.25) is 0 Å². The van der Waals surface area contributed by atoms with Gasteiger partial charge in [-0.1, -0.05) is 41.0 Å². The van der Waals surface area contributed by atoms with E-state index in [0.29, 0.717) is 11.5 Å². The van der Waals surface area contributed by atoms with Crippen molar-refractivity contribution in [3.63, 3.8) is 0 Å². The Balaban J connectivity index is 2.44. The van der Waals surface area contributed by atoms with Crippen LogP contribution < -0.4 is 5.73 Å². The number of nitrogens with two attached hydrogens (primary N) is 1. The van der Waals surface area contributed by atoms with Gasteiger partial charge in [-0.15, -0.1) is 0 Å². The maximum atomic E-state index is 6.34. The van der Waals surface area contributed by atoms with Gasteiger partial charge in [0.25, 0.3) is 0 Å². The van der Waals surface area contributed by atoms with Crippen LogP contribution in [0, 0.1) is 23.2 Å². The summed E-state index contributed by atoms with van der Waals surface area (Å²) in [5.41, 5.74) is 6.72. The molecule has 15 heavy (non-hydrogen) atoms. The van der Waals surface area contributed by atoms with Crippen molar-refractivity contribution in [2.24, 2.45) is 28.9 Å². The van der Waals surface area contributed by atoms with Crippen molar-refractivity contribution in [1.29, 1.82) is 0 Å². The highest BCUT2D eigenvalue weighted by atomic mass is 14.7. The largest absolute Gasteiger partial charge is 0.327 e. The Morgan fingerprint density at radius 3 is 2.20 bits per heavy atom. The highest BCUT2D eigenvalue weighted by molar-refractivity contribution is 4.84. The molecule has 1 fully saturated rings. The monoisotopic (exact) mass is 211 g/mol.